The van der Waals surface area contributed by atoms with Crippen molar-refractivity contribution in [3.8, 4) is 0 Å². The van der Waals surface area contributed by atoms with Crippen LogP contribution in [0.5, 0.6) is 0 Å². The van der Waals surface area contributed by atoms with Gasteiger partial charge in [-0.1, -0.05) is 110 Å². The molecular weight excluding hydrogens is 442 g/mol. The van der Waals surface area contributed by atoms with E-state index in [1.54, 1.807) is 0 Å². The van der Waals surface area contributed by atoms with Gasteiger partial charge in [0.2, 0.25) is 0 Å². The molecule has 5 saturated carbocycles. The van der Waals surface area contributed by atoms with Crippen LogP contribution in [-0.2, 0) is 0 Å². The van der Waals surface area contributed by atoms with Gasteiger partial charge in [0.15, 0.2) is 0 Å². The molecule has 0 aliphatic heterocycles. The van der Waals surface area contributed by atoms with Crippen LogP contribution < -0.4 is 0 Å². The highest BCUT2D eigenvalue weighted by atomic mass is 14.8. The van der Waals surface area contributed by atoms with E-state index < -0.39 is 0 Å². The van der Waals surface area contributed by atoms with Crippen molar-refractivity contribution in [1.29, 1.82) is 0 Å². The molecule has 0 bridgehead atoms. The zero-order chi connectivity index (χ0) is 26.9. The minimum Gasteiger partial charge on any atom is -0.0846 e. The van der Waals surface area contributed by atoms with Crippen molar-refractivity contribution >= 4 is 15.7 Å². The lowest BCUT2D eigenvalue weighted by Crippen LogP contribution is -2.69. The summed E-state index contributed by atoms with van der Waals surface area (Å²) in [5.41, 5.74) is 2.66. The molecule has 0 spiro atoms. The van der Waals surface area contributed by atoms with E-state index in [4.69, 9.17) is 15.7 Å². The average molecular weight is 498 g/mol. The smallest absolute Gasteiger partial charge is 0.0765 e. The third-order valence-corrected chi connectivity index (χ3v) is 16.3. The van der Waals surface area contributed by atoms with Crippen LogP contribution in [0.3, 0.4) is 0 Å². The topological polar surface area (TPSA) is 0 Å². The van der Waals surface area contributed by atoms with Crippen LogP contribution in [0.25, 0.3) is 0 Å². The standard InChI is InChI=1S/C35H56B2/c1-23-14-16-30(5)18-19-31(6)27(28(30)24(23)2)15-17-35(37)32(31,7)20-21-34(36)29(3,4)26-13-11-9-10-12-25(26)22-33(34,35)8/h15,23-26,28H,9-14,16-22H2,1-8H3/t23-,24+,25?,26?,28?,30-,31-,32+,33+,34-,35-/m1/s1. The van der Waals surface area contributed by atoms with Gasteiger partial charge in [0.05, 0.1) is 15.7 Å². The van der Waals surface area contributed by atoms with Crippen molar-refractivity contribution in [2.24, 2.45) is 56.7 Å². The molecule has 0 nitrogen and oxygen atoms in total. The predicted octanol–water partition coefficient (Wildman–Crippen LogP) is 9.89. The maximum Gasteiger partial charge on any atom is 0.0765 e. The summed E-state index contributed by atoms with van der Waals surface area (Å²) < 4.78 is 0. The minimum atomic E-state index is -0.253. The van der Waals surface area contributed by atoms with Crippen molar-refractivity contribution in [2.75, 3.05) is 0 Å². The van der Waals surface area contributed by atoms with E-state index in [2.05, 4.69) is 61.5 Å². The second-order valence-corrected chi connectivity index (χ2v) is 17.2. The lowest BCUT2D eigenvalue weighted by molar-refractivity contribution is -0.187. The Morgan fingerprint density at radius 2 is 1.43 bits per heavy atom. The number of allylic oxidation sites excluding steroid dienone is 2. The van der Waals surface area contributed by atoms with Crippen molar-refractivity contribution in [1.82, 2.24) is 0 Å². The van der Waals surface area contributed by atoms with Crippen LogP contribution in [0, 0.1) is 56.7 Å². The summed E-state index contributed by atoms with van der Waals surface area (Å²) in [4.78, 5) is 0. The van der Waals surface area contributed by atoms with Gasteiger partial charge in [-0.15, -0.1) is 0 Å². The van der Waals surface area contributed by atoms with E-state index >= 15 is 0 Å². The molecule has 0 N–H and O–H groups in total. The Morgan fingerprint density at radius 1 is 0.730 bits per heavy atom. The molecule has 37 heavy (non-hydrogen) atoms. The molecule has 4 radical (unpaired) electrons. The Balaban J connectivity index is 1.49. The van der Waals surface area contributed by atoms with E-state index in [0.717, 1.165) is 42.4 Å². The fourth-order valence-corrected chi connectivity index (χ4v) is 13.1. The van der Waals surface area contributed by atoms with Gasteiger partial charge < -0.3 is 0 Å². The Hall–Kier alpha value is -0.130. The van der Waals surface area contributed by atoms with E-state index in [-0.39, 0.29) is 32.3 Å². The third-order valence-electron chi connectivity index (χ3n) is 16.3. The Morgan fingerprint density at radius 3 is 2.16 bits per heavy atom. The summed E-state index contributed by atoms with van der Waals surface area (Å²) in [6, 6.07) is 0. The fourth-order valence-electron chi connectivity index (χ4n) is 13.1. The Labute approximate surface area is 233 Å². The van der Waals surface area contributed by atoms with Gasteiger partial charge in [-0.25, -0.2) is 0 Å². The lowest BCUT2D eigenvalue weighted by atomic mass is 9.18. The third kappa shape index (κ3) is 2.96. The predicted molar refractivity (Wildman–Crippen MR) is 160 cm³/mol. The maximum atomic E-state index is 8.09. The summed E-state index contributed by atoms with van der Waals surface area (Å²) >= 11 is 0. The van der Waals surface area contributed by atoms with Crippen LogP contribution >= 0.6 is 0 Å². The zero-order valence-electron chi connectivity index (χ0n) is 25.8. The van der Waals surface area contributed by atoms with Gasteiger partial charge in [0.1, 0.15) is 0 Å². The molecule has 6 rings (SSSR count). The van der Waals surface area contributed by atoms with E-state index in [1.165, 1.54) is 70.6 Å². The highest BCUT2D eigenvalue weighted by Gasteiger charge is 2.75. The fraction of sp³-hybridized carbons (Fsp3) is 0.943. The second kappa shape index (κ2) is 7.99. The van der Waals surface area contributed by atoms with Crippen molar-refractivity contribution < 1.29 is 0 Å². The quantitative estimate of drug-likeness (QED) is 0.230. The lowest BCUT2D eigenvalue weighted by Gasteiger charge is -2.80. The molecule has 0 amide bonds. The molecule has 0 aromatic rings. The largest absolute Gasteiger partial charge is 0.0846 e. The monoisotopic (exact) mass is 498 g/mol. The maximum absolute atomic E-state index is 8.09. The normalized spacial score (nSPS) is 58.9. The average Bonchev–Trinajstić information content (AvgIpc) is 3.08. The molecule has 2 heteroatoms. The Kier molecular flexibility index (Phi) is 5.85. The zero-order valence-corrected chi connectivity index (χ0v) is 25.8. The SMILES string of the molecule is [B][C@]12CC=C3C4[C@@H](C)[C@H](C)CC[C@]4(C)CC[C@@]3(C)[C@]1(C)CC[C@@]1([B])C(C)(C)C3CCCCCC3C[C@]21C. The first-order chi connectivity index (χ1) is 17.1. The second-order valence-electron chi connectivity index (χ2n) is 17.2. The molecular formula is C35H56B2. The van der Waals surface area contributed by atoms with Crippen LogP contribution in [0.15, 0.2) is 11.6 Å². The van der Waals surface area contributed by atoms with E-state index in [1.807, 2.05) is 5.57 Å². The van der Waals surface area contributed by atoms with Crippen molar-refractivity contribution in [3.63, 3.8) is 0 Å². The summed E-state index contributed by atoms with van der Waals surface area (Å²) in [5, 5.41) is -0.450. The summed E-state index contributed by atoms with van der Waals surface area (Å²) in [6.45, 7) is 20.8. The highest BCUT2D eigenvalue weighted by molar-refractivity contribution is 6.21. The molecule has 0 heterocycles. The van der Waals surface area contributed by atoms with Crippen molar-refractivity contribution in [2.45, 2.75) is 149 Å². The highest BCUT2D eigenvalue weighted by Crippen LogP contribution is 2.87. The number of hydrogen-bond donors (Lipinski definition) is 0. The first-order valence-corrected chi connectivity index (χ1v) is 16.4. The van der Waals surface area contributed by atoms with E-state index in [0.29, 0.717) is 5.41 Å². The van der Waals surface area contributed by atoms with Gasteiger partial charge in [0.25, 0.3) is 0 Å². The summed E-state index contributed by atoms with van der Waals surface area (Å²) in [6.07, 6.45) is 19.8. The molecule has 6 aliphatic carbocycles. The number of rotatable bonds is 0. The molecule has 0 saturated heterocycles. The molecule has 0 aromatic carbocycles. The number of fused-ring (bicyclic) bond motifs is 8. The molecule has 3 unspecified atom stereocenters. The first kappa shape index (κ1) is 27.1. The molecule has 202 valence electrons. The van der Waals surface area contributed by atoms with Crippen LogP contribution in [0.2, 0.25) is 10.6 Å². The number of hydrogen-bond acceptors (Lipinski definition) is 0. The molecule has 6 aliphatic rings. The van der Waals surface area contributed by atoms with Gasteiger partial charge in [-0.3, -0.25) is 0 Å². The molecule has 11 atom stereocenters. The van der Waals surface area contributed by atoms with Crippen LogP contribution in [-0.4, -0.2) is 15.7 Å². The van der Waals surface area contributed by atoms with Gasteiger partial charge in [0, 0.05) is 0 Å². The van der Waals surface area contributed by atoms with Crippen LogP contribution in [0.1, 0.15) is 139 Å². The first-order valence-electron chi connectivity index (χ1n) is 16.4. The summed E-state index contributed by atoms with van der Waals surface area (Å²) in [5.74, 6) is 3.86. The molecule has 0 aromatic heterocycles. The van der Waals surface area contributed by atoms with E-state index in [9.17, 15) is 0 Å². The summed E-state index contributed by atoms with van der Waals surface area (Å²) in [7, 11) is 15.9. The van der Waals surface area contributed by atoms with Crippen molar-refractivity contribution in [3.05, 3.63) is 11.6 Å². The Bertz CT molecular complexity index is 982. The van der Waals surface area contributed by atoms with Gasteiger partial charge in [-0.2, -0.15) is 0 Å². The minimum absolute atomic E-state index is 0.0424. The van der Waals surface area contributed by atoms with Gasteiger partial charge in [-0.05, 0) is 108 Å². The van der Waals surface area contributed by atoms with Crippen LogP contribution in [0.4, 0.5) is 0 Å². The molecule has 5 fully saturated rings. The van der Waals surface area contributed by atoms with Gasteiger partial charge >= 0.3 is 0 Å².